The van der Waals surface area contributed by atoms with E-state index in [1.54, 1.807) is 0 Å². The molecule has 1 saturated carbocycles. The number of nitrogens with one attached hydrogen (secondary N) is 1. The lowest BCUT2D eigenvalue weighted by Gasteiger charge is -2.34. The van der Waals surface area contributed by atoms with E-state index in [1.165, 1.54) is 0 Å². The molecule has 1 nitrogen and oxygen atoms in total. The van der Waals surface area contributed by atoms with Crippen LogP contribution in [-0.4, -0.2) is 19.3 Å². The SMILES string of the molecule is CCCC(NC)C1CCC(C(F)(F)F)CC1. The second-order valence-corrected chi connectivity index (χ2v) is 4.84. The van der Waals surface area contributed by atoms with Crippen molar-refractivity contribution >= 4 is 0 Å². The van der Waals surface area contributed by atoms with Crippen LogP contribution in [0.2, 0.25) is 0 Å². The van der Waals surface area contributed by atoms with Gasteiger partial charge < -0.3 is 5.32 Å². The Morgan fingerprint density at radius 1 is 1.19 bits per heavy atom. The normalized spacial score (nSPS) is 29.1. The average molecular weight is 237 g/mol. The van der Waals surface area contributed by atoms with Gasteiger partial charge in [0, 0.05) is 6.04 Å². The topological polar surface area (TPSA) is 12.0 Å². The first kappa shape index (κ1) is 13.8. The average Bonchev–Trinajstić information content (AvgIpc) is 2.25. The van der Waals surface area contributed by atoms with Crippen molar-refractivity contribution in [2.45, 2.75) is 57.7 Å². The fourth-order valence-electron chi connectivity index (χ4n) is 2.78. The summed E-state index contributed by atoms with van der Waals surface area (Å²) in [7, 11) is 1.91. The van der Waals surface area contributed by atoms with E-state index in [0.717, 1.165) is 25.7 Å². The van der Waals surface area contributed by atoms with E-state index in [0.29, 0.717) is 24.8 Å². The van der Waals surface area contributed by atoms with Crippen LogP contribution in [0, 0.1) is 11.8 Å². The van der Waals surface area contributed by atoms with E-state index in [9.17, 15) is 13.2 Å². The van der Waals surface area contributed by atoms with Gasteiger partial charge in [0.15, 0.2) is 0 Å². The molecule has 16 heavy (non-hydrogen) atoms. The first-order chi connectivity index (χ1) is 7.49. The Hall–Kier alpha value is -0.250. The van der Waals surface area contributed by atoms with E-state index in [2.05, 4.69) is 12.2 Å². The summed E-state index contributed by atoms with van der Waals surface area (Å²) in [6, 6.07) is 0.402. The lowest BCUT2D eigenvalue weighted by molar-refractivity contribution is -0.184. The van der Waals surface area contributed by atoms with Crippen molar-refractivity contribution in [2.75, 3.05) is 7.05 Å². The second kappa shape index (κ2) is 5.89. The quantitative estimate of drug-likeness (QED) is 0.785. The number of hydrogen-bond acceptors (Lipinski definition) is 1. The van der Waals surface area contributed by atoms with Crippen LogP contribution in [0.5, 0.6) is 0 Å². The van der Waals surface area contributed by atoms with E-state index in [4.69, 9.17) is 0 Å². The summed E-state index contributed by atoms with van der Waals surface area (Å²) >= 11 is 0. The number of hydrogen-bond donors (Lipinski definition) is 1. The van der Waals surface area contributed by atoms with Crippen LogP contribution in [0.25, 0.3) is 0 Å². The molecule has 0 aromatic carbocycles. The molecule has 1 aliphatic carbocycles. The van der Waals surface area contributed by atoms with Crippen LogP contribution < -0.4 is 5.32 Å². The van der Waals surface area contributed by atoms with Gasteiger partial charge in [-0.05, 0) is 45.1 Å². The van der Waals surface area contributed by atoms with E-state index in [1.807, 2.05) is 7.05 Å². The lowest BCUT2D eigenvalue weighted by Crippen LogP contribution is -2.38. The van der Waals surface area contributed by atoms with Crippen LogP contribution in [0.3, 0.4) is 0 Å². The van der Waals surface area contributed by atoms with Gasteiger partial charge in [0.05, 0.1) is 5.92 Å². The van der Waals surface area contributed by atoms with Crippen LogP contribution in [-0.2, 0) is 0 Å². The molecule has 0 saturated heterocycles. The number of rotatable bonds is 4. The summed E-state index contributed by atoms with van der Waals surface area (Å²) in [5, 5.41) is 3.25. The Morgan fingerprint density at radius 3 is 2.12 bits per heavy atom. The van der Waals surface area contributed by atoms with Gasteiger partial charge in [-0.15, -0.1) is 0 Å². The van der Waals surface area contributed by atoms with Crippen molar-refractivity contribution in [2.24, 2.45) is 11.8 Å². The van der Waals surface area contributed by atoms with E-state index < -0.39 is 12.1 Å². The fourth-order valence-corrected chi connectivity index (χ4v) is 2.78. The highest BCUT2D eigenvalue weighted by Crippen LogP contribution is 2.40. The molecule has 4 heteroatoms. The highest BCUT2D eigenvalue weighted by Gasteiger charge is 2.42. The largest absolute Gasteiger partial charge is 0.391 e. The number of alkyl halides is 3. The van der Waals surface area contributed by atoms with Gasteiger partial charge in [-0.25, -0.2) is 0 Å². The van der Waals surface area contributed by atoms with Crippen molar-refractivity contribution in [3.05, 3.63) is 0 Å². The Kier molecular flexibility index (Phi) is 5.09. The van der Waals surface area contributed by atoms with Crippen molar-refractivity contribution < 1.29 is 13.2 Å². The second-order valence-electron chi connectivity index (χ2n) is 4.84. The van der Waals surface area contributed by atoms with Gasteiger partial charge in [0.25, 0.3) is 0 Å². The van der Waals surface area contributed by atoms with Gasteiger partial charge in [0.2, 0.25) is 0 Å². The molecule has 1 N–H and O–H groups in total. The summed E-state index contributed by atoms with van der Waals surface area (Å²) < 4.78 is 37.5. The third-order valence-corrected chi connectivity index (χ3v) is 3.77. The van der Waals surface area contributed by atoms with Crippen molar-refractivity contribution in [3.8, 4) is 0 Å². The molecule has 1 rings (SSSR count). The molecule has 0 aromatic heterocycles. The van der Waals surface area contributed by atoms with Gasteiger partial charge in [-0.3, -0.25) is 0 Å². The summed E-state index contributed by atoms with van der Waals surface area (Å²) in [5.74, 6) is -0.619. The van der Waals surface area contributed by atoms with Crippen LogP contribution >= 0.6 is 0 Å². The zero-order chi connectivity index (χ0) is 12.2. The minimum absolute atomic E-state index is 0.316. The van der Waals surface area contributed by atoms with Crippen molar-refractivity contribution in [1.29, 1.82) is 0 Å². The third kappa shape index (κ3) is 3.65. The zero-order valence-corrected chi connectivity index (χ0v) is 10.1. The molecule has 0 amide bonds. The summed E-state index contributed by atoms with van der Waals surface area (Å²) in [6.07, 6.45) is 0.241. The minimum atomic E-state index is -3.98. The number of halogens is 3. The standard InChI is InChI=1S/C12H22F3N/c1-3-4-11(16-2)9-5-7-10(8-6-9)12(13,14)15/h9-11,16H,3-8H2,1-2H3. The summed E-state index contributed by atoms with van der Waals surface area (Å²) in [6.45, 7) is 2.12. The lowest BCUT2D eigenvalue weighted by atomic mass is 9.77. The molecule has 0 bridgehead atoms. The maximum absolute atomic E-state index is 12.5. The van der Waals surface area contributed by atoms with Crippen LogP contribution in [0.15, 0.2) is 0 Å². The molecule has 0 heterocycles. The smallest absolute Gasteiger partial charge is 0.317 e. The van der Waals surface area contributed by atoms with Crippen LogP contribution in [0.4, 0.5) is 13.2 Å². The molecule has 0 spiro atoms. The van der Waals surface area contributed by atoms with E-state index >= 15 is 0 Å². The maximum Gasteiger partial charge on any atom is 0.391 e. The molecule has 0 aliphatic heterocycles. The van der Waals surface area contributed by atoms with Crippen molar-refractivity contribution in [1.82, 2.24) is 5.32 Å². The van der Waals surface area contributed by atoms with Gasteiger partial charge in [-0.1, -0.05) is 13.3 Å². The Labute approximate surface area is 95.8 Å². The third-order valence-electron chi connectivity index (χ3n) is 3.77. The summed E-state index contributed by atoms with van der Waals surface area (Å²) in [5.41, 5.74) is 0. The molecule has 0 aromatic rings. The van der Waals surface area contributed by atoms with Gasteiger partial charge in [0.1, 0.15) is 0 Å². The molecule has 0 radical (unpaired) electrons. The summed E-state index contributed by atoms with van der Waals surface area (Å²) in [4.78, 5) is 0. The highest BCUT2D eigenvalue weighted by atomic mass is 19.4. The molecule has 1 atom stereocenters. The predicted molar refractivity (Wildman–Crippen MR) is 59.3 cm³/mol. The van der Waals surface area contributed by atoms with Crippen LogP contribution in [0.1, 0.15) is 45.4 Å². The van der Waals surface area contributed by atoms with Crippen molar-refractivity contribution in [3.63, 3.8) is 0 Å². The monoisotopic (exact) mass is 237 g/mol. The predicted octanol–water partition coefficient (Wildman–Crippen LogP) is 3.74. The minimum Gasteiger partial charge on any atom is -0.317 e. The Morgan fingerprint density at radius 2 is 1.75 bits per heavy atom. The first-order valence-electron chi connectivity index (χ1n) is 6.23. The molecule has 1 fully saturated rings. The molecule has 96 valence electrons. The molecule has 1 aliphatic rings. The molecular weight excluding hydrogens is 215 g/mol. The molecular formula is C12H22F3N. The van der Waals surface area contributed by atoms with E-state index in [-0.39, 0.29) is 0 Å². The Bertz CT molecular complexity index is 195. The van der Waals surface area contributed by atoms with Gasteiger partial charge in [-0.2, -0.15) is 13.2 Å². The zero-order valence-electron chi connectivity index (χ0n) is 10.1. The highest BCUT2D eigenvalue weighted by molar-refractivity contribution is 4.83. The fraction of sp³-hybridized carbons (Fsp3) is 1.00. The van der Waals surface area contributed by atoms with Gasteiger partial charge >= 0.3 is 6.18 Å². The Balaban J connectivity index is 2.41. The first-order valence-corrected chi connectivity index (χ1v) is 6.23. The molecule has 1 unspecified atom stereocenters. The maximum atomic E-state index is 12.5.